The highest BCUT2D eigenvalue weighted by Crippen LogP contribution is 2.30. The van der Waals surface area contributed by atoms with Gasteiger partial charge in [-0.05, 0) is 65.2 Å². The Morgan fingerprint density at radius 3 is 2.02 bits per heavy atom. The normalized spacial score (nSPS) is 10.7. The van der Waals surface area contributed by atoms with Crippen LogP contribution in [0.5, 0.6) is 23.0 Å². The topological polar surface area (TPSA) is 122 Å². The van der Waals surface area contributed by atoms with Gasteiger partial charge in [0, 0.05) is 17.7 Å². The molecule has 0 aliphatic rings. The van der Waals surface area contributed by atoms with E-state index in [-0.39, 0.29) is 12.3 Å². The van der Waals surface area contributed by atoms with Crippen LogP contribution < -0.4 is 24.4 Å². The smallest absolute Gasteiger partial charge is 0.271 e. The molecule has 0 aromatic heterocycles. The predicted octanol–water partition coefficient (Wildman–Crippen LogP) is 5.53. The lowest BCUT2D eigenvalue weighted by molar-refractivity contribution is -0.384. The van der Waals surface area contributed by atoms with E-state index < -0.39 is 10.8 Å². The Morgan fingerprint density at radius 1 is 0.800 bits per heavy atom. The Labute approximate surface area is 230 Å². The number of hydrazone groups is 1. The van der Waals surface area contributed by atoms with Gasteiger partial charge < -0.3 is 18.9 Å². The first kappa shape index (κ1) is 27.6. The minimum atomic E-state index is -0.452. The molecule has 0 aliphatic heterocycles. The van der Waals surface area contributed by atoms with Crippen molar-refractivity contribution in [1.82, 2.24) is 5.43 Å². The molecule has 1 N–H and O–H groups in total. The highest BCUT2D eigenvalue weighted by molar-refractivity contribution is 5.95. The van der Waals surface area contributed by atoms with Crippen molar-refractivity contribution in [1.29, 1.82) is 0 Å². The molecule has 0 heterocycles. The molecule has 0 spiro atoms. The summed E-state index contributed by atoms with van der Waals surface area (Å²) >= 11 is 0. The number of rotatable bonds is 12. The zero-order valence-corrected chi connectivity index (χ0v) is 21.9. The van der Waals surface area contributed by atoms with Gasteiger partial charge >= 0.3 is 0 Å². The van der Waals surface area contributed by atoms with Gasteiger partial charge in [0.05, 0.1) is 25.4 Å². The third-order valence-corrected chi connectivity index (χ3v) is 5.77. The van der Waals surface area contributed by atoms with Gasteiger partial charge in [0.1, 0.15) is 13.2 Å². The monoisotopic (exact) mass is 541 g/mol. The fourth-order valence-electron chi connectivity index (χ4n) is 3.65. The van der Waals surface area contributed by atoms with Crippen molar-refractivity contribution >= 4 is 17.8 Å². The summed E-state index contributed by atoms with van der Waals surface area (Å²) in [6.45, 7) is 0.578. The molecule has 0 radical (unpaired) electrons. The van der Waals surface area contributed by atoms with Crippen LogP contribution in [-0.2, 0) is 13.2 Å². The van der Waals surface area contributed by atoms with Crippen molar-refractivity contribution in [3.05, 3.63) is 123 Å². The lowest BCUT2D eigenvalue weighted by atomic mass is 10.2. The first-order valence-corrected chi connectivity index (χ1v) is 12.2. The second kappa shape index (κ2) is 13.4. The van der Waals surface area contributed by atoms with Gasteiger partial charge in [0.15, 0.2) is 23.0 Å². The first-order chi connectivity index (χ1) is 19.5. The van der Waals surface area contributed by atoms with E-state index in [1.807, 2.05) is 30.3 Å². The molecule has 0 fully saturated rings. The summed E-state index contributed by atoms with van der Waals surface area (Å²) in [5, 5.41) is 14.9. The molecule has 4 rings (SSSR count). The summed E-state index contributed by atoms with van der Waals surface area (Å²) in [6, 6.07) is 25.9. The van der Waals surface area contributed by atoms with E-state index in [1.54, 1.807) is 48.5 Å². The number of nitrogens with zero attached hydrogens (tertiary/aromatic N) is 2. The van der Waals surface area contributed by atoms with E-state index in [2.05, 4.69) is 10.5 Å². The molecular weight excluding hydrogens is 514 g/mol. The van der Waals surface area contributed by atoms with Crippen molar-refractivity contribution in [2.75, 3.05) is 14.2 Å². The number of carbonyl (C=O) groups excluding carboxylic acids is 1. The molecule has 204 valence electrons. The number of ether oxygens (including phenoxy) is 4. The van der Waals surface area contributed by atoms with Crippen molar-refractivity contribution in [2.45, 2.75) is 13.2 Å². The number of carbonyl (C=O) groups is 1. The molecule has 0 unspecified atom stereocenters. The molecule has 1 amide bonds. The van der Waals surface area contributed by atoms with E-state index in [0.29, 0.717) is 40.7 Å². The molecule has 0 aliphatic carbocycles. The van der Waals surface area contributed by atoms with Gasteiger partial charge in [-0.1, -0.05) is 30.3 Å². The quantitative estimate of drug-likeness (QED) is 0.142. The number of non-ortho nitro benzene ring substituents is 1. The average Bonchev–Trinajstić information content (AvgIpc) is 2.99. The predicted molar refractivity (Wildman–Crippen MR) is 149 cm³/mol. The number of amides is 1. The lowest BCUT2D eigenvalue weighted by Gasteiger charge is -2.12. The molecule has 0 saturated carbocycles. The zero-order valence-electron chi connectivity index (χ0n) is 21.9. The van der Waals surface area contributed by atoms with Gasteiger partial charge in [-0.15, -0.1) is 0 Å². The number of benzene rings is 4. The first-order valence-electron chi connectivity index (χ1n) is 12.2. The number of nitro groups is 1. The summed E-state index contributed by atoms with van der Waals surface area (Å²) < 4.78 is 22.5. The maximum atomic E-state index is 12.6. The van der Waals surface area contributed by atoms with Gasteiger partial charge in [0.25, 0.3) is 11.6 Å². The van der Waals surface area contributed by atoms with Crippen LogP contribution in [0.2, 0.25) is 0 Å². The van der Waals surface area contributed by atoms with Crippen LogP contribution >= 0.6 is 0 Å². The van der Waals surface area contributed by atoms with Crippen LogP contribution in [-0.4, -0.2) is 31.3 Å². The van der Waals surface area contributed by atoms with Crippen LogP contribution in [0.3, 0.4) is 0 Å². The van der Waals surface area contributed by atoms with Gasteiger partial charge in [-0.25, -0.2) is 5.43 Å². The van der Waals surface area contributed by atoms with Gasteiger partial charge in [0.2, 0.25) is 0 Å². The summed E-state index contributed by atoms with van der Waals surface area (Å²) in [4.78, 5) is 23.0. The van der Waals surface area contributed by atoms with Crippen LogP contribution in [0, 0.1) is 10.1 Å². The molecular formula is C30H27N3O7. The largest absolute Gasteiger partial charge is 0.493 e. The SMILES string of the molecule is COc1cc(/C=N/NC(=O)c2ccc(OCc3ccccc3)c(OC)c2)ccc1OCc1ccc([N+](=O)[O-])cc1. The van der Waals surface area contributed by atoms with Crippen LogP contribution in [0.25, 0.3) is 0 Å². The molecule has 10 heteroatoms. The Bertz CT molecular complexity index is 1490. The maximum Gasteiger partial charge on any atom is 0.271 e. The molecule has 10 nitrogen and oxygen atoms in total. The molecule has 0 bridgehead atoms. The average molecular weight is 542 g/mol. The number of methoxy groups -OCH3 is 2. The second-order valence-corrected chi connectivity index (χ2v) is 8.46. The minimum absolute atomic E-state index is 0.0149. The summed E-state index contributed by atoms with van der Waals surface area (Å²) in [5.41, 5.74) is 5.33. The van der Waals surface area contributed by atoms with Crippen LogP contribution in [0.15, 0.2) is 96.1 Å². The Balaban J connectivity index is 1.34. The van der Waals surface area contributed by atoms with Crippen molar-refractivity contribution < 1.29 is 28.7 Å². The Kier molecular flexibility index (Phi) is 9.28. The van der Waals surface area contributed by atoms with Gasteiger partial charge in [-0.3, -0.25) is 14.9 Å². The highest BCUT2D eigenvalue weighted by Gasteiger charge is 2.12. The number of hydrogen-bond acceptors (Lipinski definition) is 8. The Morgan fingerprint density at radius 2 is 1.40 bits per heavy atom. The lowest BCUT2D eigenvalue weighted by Crippen LogP contribution is -2.17. The second-order valence-electron chi connectivity index (χ2n) is 8.46. The third-order valence-electron chi connectivity index (χ3n) is 5.77. The molecule has 4 aromatic rings. The number of nitrogens with one attached hydrogen (secondary N) is 1. The van der Waals surface area contributed by atoms with E-state index in [0.717, 1.165) is 11.1 Å². The van der Waals surface area contributed by atoms with E-state index in [1.165, 1.54) is 32.6 Å². The summed E-state index contributed by atoms with van der Waals surface area (Å²) in [7, 11) is 3.02. The minimum Gasteiger partial charge on any atom is -0.493 e. The standard InChI is InChI=1S/C30H27N3O7/c1-37-28-16-23(10-14-26(28)40-20-22-8-12-25(13-9-22)33(35)36)18-31-32-30(34)24-11-15-27(29(17-24)38-2)39-19-21-6-4-3-5-7-21/h3-18H,19-20H2,1-2H3,(H,32,34)/b31-18+. The van der Waals surface area contributed by atoms with Crippen molar-refractivity contribution in [2.24, 2.45) is 5.10 Å². The molecule has 0 atom stereocenters. The van der Waals surface area contributed by atoms with Crippen LogP contribution in [0.4, 0.5) is 5.69 Å². The van der Waals surface area contributed by atoms with E-state index in [9.17, 15) is 14.9 Å². The van der Waals surface area contributed by atoms with Crippen molar-refractivity contribution in [3.63, 3.8) is 0 Å². The molecule has 4 aromatic carbocycles. The fourth-order valence-corrected chi connectivity index (χ4v) is 3.65. The third kappa shape index (κ3) is 7.35. The zero-order chi connectivity index (χ0) is 28.3. The fraction of sp³-hybridized carbons (Fsp3) is 0.133. The van der Waals surface area contributed by atoms with E-state index in [4.69, 9.17) is 18.9 Å². The highest BCUT2D eigenvalue weighted by atomic mass is 16.6. The summed E-state index contributed by atoms with van der Waals surface area (Å²) in [5.74, 6) is 1.49. The Hall–Kier alpha value is -5.38. The number of hydrogen-bond donors (Lipinski definition) is 1. The van der Waals surface area contributed by atoms with E-state index >= 15 is 0 Å². The van der Waals surface area contributed by atoms with Gasteiger partial charge in [-0.2, -0.15) is 5.10 Å². The molecule has 0 saturated heterocycles. The summed E-state index contributed by atoms with van der Waals surface area (Å²) in [6.07, 6.45) is 1.48. The van der Waals surface area contributed by atoms with Crippen molar-refractivity contribution in [3.8, 4) is 23.0 Å². The maximum absolute atomic E-state index is 12.6. The molecule has 40 heavy (non-hydrogen) atoms. The van der Waals surface area contributed by atoms with Crippen LogP contribution in [0.1, 0.15) is 27.0 Å². The number of nitro benzene ring substituents is 1.